The van der Waals surface area contributed by atoms with Crippen molar-refractivity contribution in [2.45, 2.75) is 17.2 Å². The lowest BCUT2D eigenvalue weighted by Gasteiger charge is -2.20. The smallest absolute Gasteiger partial charge is 0.0740 e. The van der Waals surface area contributed by atoms with Crippen molar-refractivity contribution in [2.75, 3.05) is 25.9 Å². The van der Waals surface area contributed by atoms with E-state index in [1.807, 2.05) is 11.8 Å². The minimum atomic E-state index is 0.609. The number of nitrogens with zero attached hydrogens (tertiary/aromatic N) is 1. The fraction of sp³-hybridized carbons (Fsp3) is 0.462. The highest BCUT2D eigenvalue weighted by atomic mass is 32.2. The second kappa shape index (κ2) is 5.85. The molecule has 0 radical (unpaired) electrons. The highest BCUT2D eigenvalue weighted by Crippen LogP contribution is 2.39. The Kier molecular flexibility index (Phi) is 4.42. The molecule has 92 valence electrons. The summed E-state index contributed by atoms with van der Waals surface area (Å²) in [5, 5.41) is 0. The van der Waals surface area contributed by atoms with E-state index in [-0.39, 0.29) is 0 Å². The SMILES string of the molecule is CN(CCC(N)=S)CC1CSc2ccccc21. The van der Waals surface area contributed by atoms with Gasteiger partial charge in [-0.15, -0.1) is 11.8 Å². The van der Waals surface area contributed by atoms with E-state index in [1.165, 1.54) is 16.2 Å². The Morgan fingerprint density at radius 1 is 1.53 bits per heavy atom. The minimum absolute atomic E-state index is 0.609. The van der Waals surface area contributed by atoms with E-state index in [1.54, 1.807) is 0 Å². The van der Waals surface area contributed by atoms with Crippen molar-refractivity contribution in [3.8, 4) is 0 Å². The predicted octanol–water partition coefficient (Wildman–Crippen LogP) is 2.48. The number of hydrogen-bond donors (Lipinski definition) is 1. The maximum absolute atomic E-state index is 5.53. The van der Waals surface area contributed by atoms with E-state index in [4.69, 9.17) is 18.0 Å². The lowest BCUT2D eigenvalue weighted by Crippen LogP contribution is -2.28. The molecule has 0 aromatic heterocycles. The van der Waals surface area contributed by atoms with Crippen LogP contribution in [0.1, 0.15) is 17.9 Å². The fourth-order valence-corrected chi connectivity index (χ4v) is 3.48. The van der Waals surface area contributed by atoms with E-state index in [0.717, 1.165) is 19.5 Å². The summed E-state index contributed by atoms with van der Waals surface area (Å²) in [4.78, 5) is 4.38. The summed E-state index contributed by atoms with van der Waals surface area (Å²) < 4.78 is 0. The third kappa shape index (κ3) is 3.44. The summed E-state index contributed by atoms with van der Waals surface area (Å²) in [5.41, 5.74) is 7.03. The molecule has 2 nitrogen and oxygen atoms in total. The normalized spacial score (nSPS) is 18.4. The van der Waals surface area contributed by atoms with Crippen LogP contribution in [0.4, 0.5) is 0 Å². The quantitative estimate of drug-likeness (QED) is 0.829. The van der Waals surface area contributed by atoms with Gasteiger partial charge in [0.2, 0.25) is 0 Å². The van der Waals surface area contributed by atoms with Gasteiger partial charge >= 0.3 is 0 Å². The van der Waals surface area contributed by atoms with Crippen LogP contribution in [-0.4, -0.2) is 35.8 Å². The number of hydrogen-bond acceptors (Lipinski definition) is 3. The molecule has 2 N–H and O–H groups in total. The van der Waals surface area contributed by atoms with Crippen LogP contribution in [0.25, 0.3) is 0 Å². The van der Waals surface area contributed by atoms with Gasteiger partial charge < -0.3 is 10.6 Å². The first-order valence-electron chi connectivity index (χ1n) is 5.85. The van der Waals surface area contributed by atoms with Crippen LogP contribution >= 0.6 is 24.0 Å². The molecular weight excluding hydrogens is 248 g/mol. The molecule has 1 heterocycles. The number of benzene rings is 1. The number of nitrogens with two attached hydrogens (primary N) is 1. The minimum Gasteiger partial charge on any atom is -0.393 e. The largest absolute Gasteiger partial charge is 0.393 e. The number of fused-ring (bicyclic) bond motifs is 1. The molecule has 1 aliphatic rings. The van der Waals surface area contributed by atoms with Gasteiger partial charge in [0.1, 0.15) is 0 Å². The van der Waals surface area contributed by atoms with Crippen LogP contribution in [0, 0.1) is 0 Å². The average Bonchev–Trinajstić information content (AvgIpc) is 2.70. The van der Waals surface area contributed by atoms with Crippen LogP contribution in [0.15, 0.2) is 29.2 Å². The first-order valence-corrected chi connectivity index (χ1v) is 7.25. The molecule has 0 saturated heterocycles. The second-order valence-corrected chi connectivity index (χ2v) is 6.11. The van der Waals surface area contributed by atoms with E-state index in [0.29, 0.717) is 10.9 Å². The molecule has 1 aliphatic heterocycles. The van der Waals surface area contributed by atoms with Gasteiger partial charge in [-0.2, -0.15) is 0 Å². The number of thioether (sulfide) groups is 1. The highest BCUT2D eigenvalue weighted by molar-refractivity contribution is 7.99. The lowest BCUT2D eigenvalue weighted by molar-refractivity contribution is 0.328. The molecule has 0 aliphatic carbocycles. The molecule has 0 bridgehead atoms. The molecule has 0 fully saturated rings. The third-order valence-corrected chi connectivity index (χ3v) is 4.53. The Balaban J connectivity index is 1.90. The van der Waals surface area contributed by atoms with Crippen LogP contribution in [0.2, 0.25) is 0 Å². The van der Waals surface area contributed by atoms with Crippen LogP contribution in [-0.2, 0) is 0 Å². The van der Waals surface area contributed by atoms with Gasteiger partial charge in [0, 0.05) is 36.1 Å². The van der Waals surface area contributed by atoms with Gasteiger partial charge in [-0.05, 0) is 18.7 Å². The van der Waals surface area contributed by atoms with Gasteiger partial charge in [-0.1, -0.05) is 30.4 Å². The topological polar surface area (TPSA) is 29.3 Å². The Bertz CT molecular complexity index is 406. The molecular formula is C13H18N2S2. The summed E-state index contributed by atoms with van der Waals surface area (Å²) >= 11 is 6.87. The maximum atomic E-state index is 5.53. The monoisotopic (exact) mass is 266 g/mol. The highest BCUT2D eigenvalue weighted by Gasteiger charge is 2.23. The lowest BCUT2D eigenvalue weighted by atomic mass is 10.0. The molecule has 4 heteroatoms. The van der Waals surface area contributed by atoms with Crippen molar-refractivity contribution in [2.24, 2.45) is 5.73 Å². The zero-order valence-electron chi connectivity index (χ0n) is 10.1. The van der Waals surface area contributed by atoms with Crippen LogP contribution in [0.5, 0.6) is 0 Å². The Labute approximate surface area is 113 Å². The predicted molar refractivity (Wildman–Crippen MR) is 78.8 cm³/mol. The molecule has 1 aromatic carbocycles. The number of likely N-dealkylation sites (N-methyl/N-ethyl adjacent to an activating group) is 1. The molecule has 17 heavy (non-hydrogen) atoms. The molecule has 1 unspecified atom stereocenters. The maximum Gasteiger partial charge on any atom is 0.0740 e. The number of rotatable bonds is 5. The van der Waals surface area contributed by atoms with E-state index in [2.05, 4.69) is 36.2 Å². The van der Waals surface area contributed by atoms with Crippen molar-refractivity contribution in [1.29, 1.82) is 0 Å². The third-order valence-electron chi connectivity index (χ3n) is 3.07. The summed E-state index contributed by atoms with van der Waals surface area (Å²) in [6.45, 7) is 2.05. The van der Waals surface area contributed by atoms with Gasteiger partial charge in [-0.3, -0.25) is 0 Å². The van der Waals surface area contributed by atoms with Crippen molar-refractivity contribution in [3.05, 3.63) is 29.8 Å². The molecule has 1 atom stereocenters. The Hall–Kier alpha value is -0.580. The molecule has 0 saturated carbocycles. The summed E-state index contributed by atoms with van der Waals surface area (Å²) in [6.07, 6.45) is 0.813. The standard InChI is InChI=1S/C13H18N2S2/c1-15(7-6-13(14)16)8-10-9-17-12-5-3-2-4-11(10)12/h2-5,10H,6-9H2,1H3,(H2,14,16). The first-order chi connectivity index (χ1) is 8.16. The van der Waals surface area contributed by atoms with Crippen molar-refractivity contribution >= 4 is 29.0 Å². The second-order valence-electron chi connectivity index (χ2n) is 4.52. The molecule has 1 aromatic rings. The zero-order valence-corrected chi connectivity index (χ0v) is 11.7. The van der Waals surface area contributed by atoms with Gasteiger partial charge in [0.15, 0.2) is 0 Å². The summed E-state index contributed by atoms with van der Waals surface area (Å²) in [6, 6.07) is 8.72. The van der Waals surface area contributed by atoms with Crippen molar-refractivity contribution < 1.29 is 0 Å². The van der Waals surface area contributed by atoms with Crippen LogP contribution in [0.3, 0.4) is 0 Å². The zero-order chi connectivity index (χ0) is 12.3. The van der Waals surface area contributed by atoms with Crippen molar-refractivity contribution in [1.82, 2.24) is 4.90 Å². The summed E-state index contributed by atoms with van der Waals surface area (Å²) in [7, 11) is 2.14. The van der Waals surface area contributed by atoms with Gasteiger partial charge in [0.05, 0.1) is 4.99 Å². The molecule has 0 spiro atoms. The molecule has 0 amide bonds. The number of thiocarbonyl (C=S) groups is 1. The van der Waals surface area contributed by atoms with Crippen LogP contribution < -0.4 is 5.73 Å². The average molecular weight is 266 g/mol. The van der Waals surface area contributed by atoms with E-state index < -0.39 is 0 Å². The Morgan fingerprint density at radius 2 is 2.29 bits per heavy atom. The Morgan fingerprint density at radius 3 is 3.06 bits per heavy atom. The fourth-order valence-electron chi connectivity index (χ4n) is 2.15. The van der Waals surface area contributed by atoms with E-state index in [9.17, 15) is 0 Å². The van der Waals surface area contributed by atoms with Gasteiger partial charge in [0.25, 0.3) is 0 Å². The molecule has 2 rings (SSSR count). The van der Waals surface area contributed by atoms with E-state index >= 15 is 0 Å². The van der Waals surface area contributed by atoms with Crippen molar-refractivity contribution in [3.63, 3.8) is 0 Å². The summed E-state index contributed by atoms with van der Waals surface area (Å²) in [5.74, 6) is 1.84. The first kappa shape index (κ1) is 12.9. The van der Waals surface area contributed by atoms with Gasteiger partial charge in [-0.25, -0.2) is 0 Å².